The minimum atomic E-state index is -1.28. The summed E-state index contributed by atoms with van der Waals surface area (Å²) < 4.78 is 23.3. The first-order valence-electron chi connectivity index (χ1n) is 6.12. The Morgan fingerprint density at radius 2 is 2.17 bits per heavy atom. The van der Waals surface area contributed by atoms with Gasteiger partial charge in [0.1, 0.15) is 11.7 Å². The number of ether oxygens (including phenoxy) is 2. The molecule has 2 aliphatic carbocycles. The summed E-state index contributed by atoms with van der Waals surface area (Å²) in [6.07, 6.45) is -1.04. The van der Waals surface area contributed by atoms with Crippen molar-refractivity contribution in [2.45, 2.75) is 31.5 Å². The van der Waals surface area contributed by atoms with E-state index in [-0.39, 0.29) is 37.2 Å². The maximum Gasteiger partial charge on any atom is 0.326 e. The van der Waals surface area contributed by atoms with E-state index in [1.807, 2.05) is 0 Å². The van der Waals surface area contributed by atoms with Crippen LogP contribution in [0.1, 0.15) is 19.8 Å². The predicted octanol–water partition coefficient (Wildman–Crippen LogP) is 0.414. The molecule has 0 aromatic carbocycles. The Labute approximate surface area is 105 Å². The van der Waals surface area contributed by atoms with E-state index in [1.165, 1.54) is 7.11 Å². The largest absolute Gasteiger partial charge is 0.469 e. The Balaban J connectivity index is 2.07. The summed E-state index contributed by atoms with van der Waals surface area (Å²) in [5, 5.41) is 0. The standard InChI is InChI=1S/C12H18FNO4/c1-3-18-11(16)12(14)5-7(13)9-6(10(9)12)4-8(15)17-2/h6-7,9-10H,3-5,14H2,1-2H3/t6-,7+,9+,10+,12-/m0/s1. The van der Waals surface area contributed by atoms with Crippen LogP contribution in [0, 0.1) is 17.8 Å². The summed E-state index contributed by atoms with van der Waals surface area (Å²) in [4.78, 5) is 23.0. The molecule has 2 aliphatic rings. The van der Waals surface area contributed by atoms with Gasteiger partial charge in [0.25, 0.3) is 0 Å². The zero-order valence-corrected chi connectivity index (χ0v) is 10.5. The third kappa shape index (κ3) is 1.88. The van der Waals surface area contributed by atoms with Gasteiger partial charge in [-0.05, 0) is 24.7 Å². The summed E-state index contributed by atoms with van der Waals surface area (Å²) in [5.74, 6) is -1.76. The molecule has 5 nitrogen and oxygen atoms in total. The maximum atomic E-state index is 13.8. The zero-order valence-electron chi connectivity index (χ0n) is 10.5. The predicted molar refractivity (Wildman–Crippen MR) is 60.2 cm³/mol. The number of rotatable bonds is 4. The molecule has 0 aromatic rings. The quantitative estimate of drug-likeness (QED) is 0.740. The third-order valence-corrected chi connectivity index (χ3v) is 4.06. The Hall–Kier alpha value is -1.17. The Morgan fingerprint density at radius 1 is 1.50 bits per heavy atom. The van der Waals surface area contributed by atoms with E-state index in [9.17, 15) is 14.0 Å². The van der Waals surface area contributed by atoms with Gasteiger partial charge in [-0.2, -0.15) is 0 Å². The number of esters is 2. The fourth-order valence-corrected chi connectivity index (χ4v) is 3.24. The smallest absolute Gasteiger partial charge is 0.326 e. The van der Waals surface area contributed by atoms with Crippen molar-refractivity contribution in [2.75, 3.05) is 13.7 Å². The highest BCUT2D eigenvalue weighted by Gasteiger charge is 2.72. The first kappa shape index (κ1) is 13.3. The van der Waals surface area contributed by atoms with E-state index in [2.05, 4.69) is 4.74 Å². The van der Waals surface area contributed by atoms with Crippen molar-refractivity contribution in [3.8, 4) is 0 Å². The monoisotopic (exact) mass is 259 g/mol. The van der Waals surface area contributed by atoms with Crippen LogP contribution in [0.2, 0.25) is 0 Å². The Morgan fingerprint density at radius 3 is 2.72 bits per heavy atom. The summed E-state index contributed by atoms with van der Waals surface area (Å²) in [6, 6.07) is 0. The zero-order chi connectivity index (χ0) is 13.5. The molecule has 0 heterocycles. The van der Waals surface area contributed by atoms with E-state index in [0.717, 1.165) is 0 Å². The number of halogens is 1. The molecule has 0 aromatic heterocycles. The number of methoxy groups -OCH3 is 1. The van der Waals surface area contributed by atoms with Crippen LogP contribution in [0.4, 0.5) is 4.39 Å². The van der Waals surface area contributed by atoms with Crippen molar-refractivity contribution in [3.05, 3.63) is 0 Å². The molecule has 0 unspecified atom stereocenters. The van der Waals surface area contributed by atoms with E-state index in [1.54, 1.807) is 6.92 Å². The van der Waals surface area contributed by atoms with Crippen LogP contribution in [-0.2, 0) is 19.1 Å². The molecule has 102 valence electrons. The highest BCUT2D eigenvalue weighted by molar-refractivity contribution is 5.83. The van der Waals surface area contributed by atoms with E-state index in [0.29, 0.717) is 0 Å². The Bertz CT molecular complexity index is 375. The summed E-state index contributed by atoms with van der Waals surface area (Å²) in [7, 11) is 1.29. The second-order valence-electron chi connectivity index (χ2n) is 5.03. The highest BCUT2D eigenvalue weighted by atomic mass is 19.1. The van der Waals surface area contributed by atoms with Crippen LogP contribution < -0.4 is 5.73 Å². The number of alkyl halides is 1. The molecular weight excluding hydrogens is 241 g/mol. The lowest BCUT2D eigenvalue weighted by atomic mass is 9.90. The van der Waals surface area contributed by atoms with Gasteiger partial charge in [-0.3, -0.25) is 9.59 Å². The lowest BCUT2D eigenvalue weighted by Crippen LogP contribution is -2.51. The van der Waals surface area contributed by atoms with Gasteiger partial charge in [0, 0.05) is 12.8 Å². The third-order valence-electron chi connectivity index (χ3n) is 4.06. The van der Waals surface area contributed by atoms with E-state index >= 15 is 0 Å². The van der Waals surface area contributed by atoms with Crippen LogP contribution in [0.15, 0.2) is 0 Å². The maximum absolute atomic E-state index is 13.8. The molecule has 2 N–H and O–H groups in total. The molecular formula is C12H18FNO4. The van der Waals surface area contributed by atoms with Crippen LogP contribution in [-0.4, -0.2) is 37.4 Å². The average molecular weight is 259 g/mol. The summed E-state index contributed by atoms with van der Waals surface area (Å²) in [6.45, 7) is 1.90. The highest BCUT2D eigenvalue weighted by Crippen LogP contribution is 2.64. The molecule has 0 bridgehead atoms. The first-order valence-corrected chi connectivity index (χ1v) is 6.12. The SMILES string of the molecule is CCOC(=O)[C@]1(N)C[C@@H](F)[C@H]2[C@H](CC(=O)OC)[C@H]21. The molecule has 0 aliphatic heterocycles. The fourth-order valence-electron chi connectivity index (χ4n) is 3.24. The Kier molecular flexibility index (Phi) is 3.31. The molecule has 0 spiro atoms. The normalized spacial score (nSPS) is 41.1. The minimum absolute atomic E-state index is 0.0150. The molecule has 5 atom stereocenters. The first-order chi connectivity index (χ1) is 8.45. The van der Waals surface area contributed by atoms with Crippen molar-refractivity contribution < 1.29 is 23.5 Å². The number of carbonyl (C=O) groups is 2. The molecule has 0 saturated heterocycles. The minimum Gasteiger partial charge on any atom is -0.469 e. The van der Waals surface area contributed by atoms with Crippen molar-refractivity contribution in [1.29, 1.82) is 0 Å². The van der Waals surface area contributed by atoms with Gasteiger partial charge in [-0.25, -0.2) is 4.39 Å². The van der Waals surface area contributed by atoms with Crippen LogP contribution in [0.5, 0.6) is 0 Å². The molecule has 2 fully saturated rings. The van der Waals surface area contributed by atoms with Gasteiger partial charge in [0.05, 0.1) is 13.7 Å². The van der Waals surface area contributed by atoms with Gasteiger partial charge < -0.3 is 15.2 Å². The number of nitrogens with two attached hydrogens (primary N) is 1. The van der Waals surface area contributed by atoms with Crippen molar-refractivity contribution in [1.82, 2.24) is 0 Å². The molecule has 0 amide bonds. The number of fused-ring (bicyclic) bond motifs is 1. The lowest BCUT2D eigenvalue weighted by Gasteiger charge is -2.25. The molecule has 6 heteroatoms. The second-order valence-corrected chi connectivity index (χ2v) is 5.03. The fraction of sp³-hybridized carbons (Fsp3) is 0.833. The molecule has 2 rings (SSSR count). The second kappa shape index (κ2) is 4.50. The van der Waals surface area contributed by atoms with E-state index in [4.69, 9.17) is 10.5 Å². The van der Waals surface area contributed by atoms with Gasteiger partial charge in [0.2, 0.25) is 0 Å². The van der Waals surface area contributed by atoms with E-state index < -0.39 is 23.6 Å². The topological polar surface area (TPSA) is 78.6 Å². The number of hydrogen-bond acceptors (Lipinski definition) is 5. The van der Waals surface area contributed by atoms with Gasteiger partial charge in [-0.15, -0.1) is 0 Å². The van der Waals surface area contributed by atoms with Crippen LogP contribution in [0.25, 0.3) is 0 Å². The van der Waals surface area contributed by atoms with Crippen LogP contribution >= 0.6 is 0 Å². The van der Waals surface area contributed by atoms with Crippen molar-refractivity contribution in [2.24, 2.45) is 23.5 Å². The number of carbonyl (C=O) groups excluding carboxylic acids is 2. The van der Waals surface area contributed by atoms with Gasteiger partial charge in [0.15, 0.2) is 0 Å². The molecule has 2 saturated carbocycles. The van der Waals surface area contributed by atoms with Crippen molar-refractivity contribution >= 4 is 11.9 Å². The van der Waals surface area contributed by atoms with Gasteiger partial charge in [-0.1, -0.05) is 0 Å². The summed E-state index contributed by atoms with van der Waals surface area (Å²) >= 11 is 0. The molecule has 18 heavy (non-hydrogen) atoms. The molecule has 0 radical (unpaired) electrons. The lowest BCUT2D eigenvalue weighted by molar-refractivity contribution is -0.151. The van der Waals surface area contributed by atoms with Crippen LogP contribution in [0.3, 0.4) is 0 Å². The van der Waals surface area contributed by atoms with Gasteiger partial charge >= 0.3 is 11.9 Å². The van der Waals surface area contributed by atoms with Crippen molar-refractivity contribution in [3.63, 3.8) is 0 Å². The average Bonchev–Trinajstić information content (AvgIpc) is 2.95. The number of hydrogen-bond donors (Lipinski definition) is 1. The summed E-state index contributed by atoms with van der Waals surface area (Å²) in [5.41, 5.74) is 4.73.